The summed E-state index contributed by atoms with van der Waals surface area (Å²) in [4.78, 5) is 12.0. The second-order valence-electron chi connectivity index (χ2n) is 4.85. The van der Waals surface area contributed by atoms with Gasteiger partial charge in [0.25, 0.3) is 0 Å². The van der Waals surface area contributed by atoms with E-state index < -0.39 is 17.7 Å². The van der Waals surface area contributed by atoms with Gasteiger partial charge in [-0.2, -0.15) is 0 Å². The Balaban J connectivity index is 1.98. The zero-order chi connectivity index (χ0) is 15.4. The van der Waals surface area contributed by atoms with Crippen molar-refractivity contribution in [3.63, 3.8) is 0 Å². The molecule has 0 aliphatic rings. The number of aryl methyl sites for hydroxylation is 1. The lowest BCUT2D eigenvalue weighted by Gasteiger charge is -2.15. The number of hydrogen-bond donors (Lipinski definition) is 2. The van der Waals surface area contributed by atoms with Crippen LogP contribution in [0.3, 0.4) is 0 Å². The van der Waals surface area contributed by atoms with Crippen molar-refractivity contribution in [2.45, 2.75) is 19.9 Å². The van der Waals surface area contributed by atoms with E-state index in [4.69, 9.17) is 0 Å². The Morgan fingerprint density at radius 2 is 1.62 bits per heavy atom. The van der Waals surface area contributed by atoms with Crippen molar-refractivity contribution >= 4 is 17.3 Å². The normalized spacial score (nSPS) is 11.8. The summed E-state index contributed by atoms with van der Waals surface area (Å²) < 4.78 is 25.9. The average molecular weight is 290 g/mol. The Bertz CT molecular complexity index is 641. The smallest absolute Gasteiger partial charge is 0.246 e. The molecule has 0 aliphatic heterocycles. The van der Waals surface area contributed by atoms with Gasteiger partial charge in [-0.05, 0) is 38.1 Å². The summed E-state index contributed by atoms with van der Waals surface area (Å²) in [5.74, 6) is -2.13. The van der Waals surface area contributed by atoms with Crippen LogP contribution in [0.4, 0.5) is 20.2 Å². The molecule has 1 atom stereocenters. The molecule has 2 rings (SSSR count). The van der Waals surface area contributed by atoms with Gasteiger partial charge in [-0.3, -0.25) is 4.79 Å². The highest BCUT2D eigenvalue weighted by molar-refractivity contribution is 5.96. The van der Waals surface area contributed by atoms with Crippen molar-refractivity contribution in [1.29, 1.82) is 0 Å². The van der Waals surface area contributed by atoms with Crippen molar-refractivity contribution in [2.75, 3.05) is 10.6 Å². The molecule has 5 heteroatoms. The van der Waals surface area contributed by atoms with Gasteiger partial charge in [0.2, 0.25) is 5.91 Å². The summed E-state index contributed by atoms with van der Waals surface area (Å²) >= 11 is 0. The van der Waals surface area contributed by atoms with Crippen molar-refractivity contribution in [3.05, 3.63) is 59.7 Å². The Morgan fingerprint density at radius 1 is 1.00 bits per heavy atom. The fraction of sp³-hybridized carbons (Fsp3) is 0.188. The third-order valence-electron chi connectivity index (χ3n) is 3.02. The fourth-order valence-electron chi connectivity index (χ4n) is 1.79. The number of amides is 1. The summed E-state index contributed by atoms with van der Waals surface area (Å²) in [5.41, 5.74) is 2.13. The minimum Gasteiger partial charge on any atom is -0.374 e. The van der Waals surface area contributed by atoms with Gasteiger partial charge in [-0.25, -0.2) is 8.78 Å². The molecule has 0 aromatic heterocycles. The summed E-state index contributed by atoms with van der Waals surface area (Å²) in [6.07, 6.45) is 0. The maximum Gasteiger partial charge on any atom is 0.246 e. The minimum atomic E-state index is -0.953. The Morgan fingerprint density at radius 3 is 2.24 bits per heavy atom. The lowest BCUT2D eigenvalue weighted by molar-refractivity contribution is -0.116. The standard InChI is InChI=1S/C16H16F2N2O/c1-10-3-5-12(6-4-10)20-16(21)11(2)19-13-7-8-14(17)15(18)9-13/h3-9,11,19H,1-2H3,(H,20,21). The summed E-state index contributed by atoms with van der Waals surface area (Å²) in [6, 6.07) is 10.2. The van der Waals surface area contributed by atoms with E-state index in [1.54, 1.807) is 19.1 Å². The molecule has 0 saturated heterocycles. The number of halogens is 2. The quantitative estimate of drug-likeness (QED) is 0.901. The molecule has 1 amide bonds. The summed E-state index contributed by atoms with van der Waals surface area (Å²) in [6.45, 7) is 3.60. The van der Waals surface area contributed by atoms with E-state index in [-0.39, 0.29) is 5.91 Å². The molecule has 0 heterocycles. The monoisotopic (exact) mass is 290 g/mol. The van der Waals surface area contributed by atoms with E-state index >= 15 is 0 Å². The van der Waals surface area contributed by atoms with Crippen LogP contribution in [0.5, 0.6) is 0 Å². The molecule has 2 aromatic rings. The number of rotatable bonds is 4. The molecule has 0 aliphatic carbocycles. The van der Waals surface area contributed by atoms with Gasteiger partial charge >= 0.3 is 0 Å². The topological polar surface area (TPSA) is 41.1 Å². The minimum absolute atomic E-state index is 0.261. The summed E-state index contributed by atoms with van der Waals surface area (Å²) in [5, 5.41) is 5.57. The molecule has 0 bridgehead atoms. The largest absolute Gasteiger partial charge is 0.374 e. The lowest BCUT2D eigenvalue weighted by Crippen LogP contribution is -2.31. The molecule has 2 N–H and O–H groups in total. The molecule has 1 unspecified atom stereocenters. The first-order chi connectivity index (χ1) is 9.95. The lowest BCUT2D eigenvalue weighted by atomic mass is 10.2. The van der Waals surface area contributed by atoms with Gasteiger partial charge in [0, 0.05) is 17.4 Å². The van der Waals surface area contributed by atoms with Gasteiger partial charge < -0.3 is 10.6 Å². The van der Waals surface area contributed by atoms with E-state index in [1.165, 1.54) is 6.07 Å². The predicted octanol–water partition coefficient (Wildman–Crippen LogP) is 3.71. The number of anilines is 2. The molecule has 110 valence electrons. The molecular weight excluding hydrogens is 274 g/mol. The maximum absolute atomic E-state index is 13.1. The zero-order valence-corrected chi connectivity index (χ0v) is 11.8. The maximum atomic E-state index is 13.1. The highest BCUT2D eigenvalue weighted by Crippen LogP contribution is 2.15. The molecule has 0 radical (unpaired) electrons. The Labute approximate surface area is 122 Å². The van der Waals surface area contributed by atoms with Crippen LogP contribution in [0.15, 0.2) is 42.5 Å². The van der Waals surface area contributed by atoms with Gasteiger partial charge in [0.15, 0.2) is 11.6 Å². The van der Waals surface area contributed by atoms with Gasteiger partial charge in [0.05, 0.1) is 0 Å². The van der Waals surface area contributed by atoms with Crippen LogP contribution < -0.4 is 10.6 Å². The van der Waals surface area contributed by atoms with E-state index in [0.717, 1.165) is 17.7 Å². The van der Waals surface area contributed by atoms with Crippen molar-refractivity contribution < 1.29 is 13.6 Å². The first-order valence-electron chi connectivity index (χ1n) is 6.55. The van der Waals surface area contributed by atoms with Crippen LogP contribution >= 0.6 is 0 Å². The van der Waals surface area contributed by atoms with Crippen molar-refractivity contribution in [1.82, 2.24) is 0 Å². The third-order valence-corrected chi connectivity index (χ3v) is 3.02. The van der Waals surface area contributed by atoms with Crippen LogP contribution in [0.25, 0.3) is 0 Å². The fourth-order valence-corrected chi connectivity index (χ4v) is 1.79. The number of benzene rings is 2. The van der Waals surface area contributed by atoms with E-state index in [1.807, 2.05) is 19.1 Å². The molecule has 0 saturated carbocycles. The number of hydrogen-bond acceptors (Lipinski definition) is 2. The second-order valence-corrected chi connectivity index (χ2v) is 4.85. The molecule has 2 aromatic carbocycles. The predicted molar refractivity (Wildman–Crippen MR) is 79.3 cm³/mol. The number of carbonyl (C=O) groups excluding carboxylic acids is 1. The van der Waals surface area contributed by atoms with Crippen LogP contribution in [0.1, 0.15) is 12.5 Å². The third kappa shape index (κ3) is 4.02. The van der Waals surface area contributed by atoms with Crippen LogP contribution in [0, 0.1) is 18.6 Å². The molecule has 0 fully saturated rings. The second kappa shape index (κ2) is 6.35. The first kappa shape index (κ1) is 15.0. The van der Waals surface area contributed by atoms with Gasteiger partial charge in [-0.1, -0.05) is 17.7 Å². The van der Waals surface area contributed by atoms with Crippen LogP contribution in [0.2, 0.25) is 0 Å². The van der Waals surface area contributed by atoms with Gasteiger partial charge in [-0.15, -0.1) is 0 Å². The van der Waals surface area contributed by atoms with Crippen molar-refractivity contribution in [2.24, 2.45) is 0 Å². The van der Waals surface area contributed by atoms with Crippen LogP contribution in [-0.4, -0.2) is 11.9 Å². The van der Waals surface area contributed by atoms with Crippen molar-refractivity contribution in [3.8, 4) is 0 Å². The average Bonchev–Trinajstić information content (AvgIpc) is 2.45. The summed E-state index contributed by atoms with van der Waals surface area (Å²) in [7, 11) is 0. The highest BCUT2D eigenvalue weighted by Gasteiger charge is 2.13. The Kier molecular flexibility index (Phi) is 4.52. The van der Waals surface area contributed by atoms with E-state index in [0.29, 0.717) is 11.4 Å². The SMILES string of the molecule is Cc1ccc(NC(=O)C(C)Nc2ccc(F)c(F)c2)cc1. The Hall–Kier alpha value is -2.43. The molecule has 21 heavy (non-hydrogen) atoms. The van der Waals surface area contributed by atoms with E-state index in [2.05, 4.69) is 10.6 Å². The zero-order valence-electron chi connectivity index (χ0n) is 11.8. The van der Waals surface area contributed by atoms with Crippen LogP contribution in [-0.2, 0) is 4.79 Å². The molecule has 3 nitrogen and oxygen atoms in total. The first-order valence-corrected chi connectivity index (χ1v) is 6.55. The van der Waals surface area contributed by atoms with E-state index in [9.17, 15) is 13.6 Å². The highest BCUT2D eigenvalue weighted by atomic mass is 19.2. The number of nitrogens with one attached hydrogen (secondary N) is 2. The van der Waals surface area contributed by atoms with Gasteiger partial charge in [0.1, 0.15) is 6.04 Å². The number of carbonyl (C=O) groups is 1. The molecule has 0 spiro atoms. The molecular formula is C16H16F2N2O.